The Morgan fingerprint density at radius 3 is 2.47 bits per heavy atom. The van der Waals surface area contributed by atoms with E-state index in [1.165, 1.54) is 15.6 Å². The number of benzene rings is 1. The van der Waals surface area contributed by atoms with Crippen molar-refractivity contribution >= 4 is 27.0 Å². The second-order valence-corrected chi connectivity index (χ2v) is 7.88. The topological polar surface area (TPSA) is 63.4 Å². The standard InChI is InChI=1S/C13H16N2O2S2/c1-10-7-8-13(18-10)19(16,17)15(2)9-11-5-3-4-6-12(11)14/h3-8H,9,14H2,1-2H3. The van der Waals surface area contributed by atoms with Crippen LogP contribution in [-0.2, 0) is 16.6 Å². The van der Waals surface area contributed by atoms with E-state index in [1.807, 2.05) is 31.2 Å². The monoisotopic (exact) mass is 296 g/mol. The van der Waals surface area contributed by atoms with Gasteiger partial charge in [0.15, 0.2) is 0 Å². The molecule has 0 aliphatic rings. The van der Waals surface area contributed by atoms with Crippen LogP contribution in [0.25, 0.3) is 0 Å². The van der Waals surface area contributed by atoms with E-state index >= 15 is 0 Å². The highest BCUT2D eigenvalue weighted by atomic mass is 32.2. The Hall–Kier alpha value is -1.37. The Morgan fingerprint density at radius 2 is 1.89 bits per heavy atom. The van der Waals surface area contributed by atoms with Crippen LogP contribution < -0.4 is 5.73 Å². The summed E-state index contributed by atoms with van der Waals surface area (Å²) in [5, 5.41) is 0. The van der Waals surface area contributed by atoms with Gasteiger partial charge in [0.05, 0.1) is 0 Å². The Morgan fingerprint density at radius 1 is 1.21 bits per heavy atom. The largest absolute Gasteiger partial charge is 0.398 e. The predicted octanol–water partition coefficient (Wildman–Crippen LogP) is 2.46. The number of sulfonamides is 1. The van der Waals surface area contributed by atoms with Gasteiger partial charge in [0.1, 0.15) is 4.21 Å². The van der Waals surface area contributed by atoms with Crippen molar-refractivity contribution in [2.24, 2.45) is 0 Å². The van der Waals surface area contributed by atoms with E-state index in [4.69, 9.17) is 5.73 Å². The molecule has 2 rings (SSSR count). The second-order valence-electron chi connectivity index (χ2n) is 4.32. The molecule has 6 heteroatoms. The van der Waals surface area contributed by atoms with Crippen molar-refractivity contribution in [2.45, 2.75) is 17.7 Å². The summed E-state index contributed by atoms with van der Waals surface area (Å²) in [6.07, 6.45) is 0. The zero-order chi connectivity index (χ0) is 14.0. The number of hydrogen-bond acceptors (Lipinski definition) is 4. The van der Waals surface area contributed by atoms with Gasteiger partial charge in [0.2, 0.25) is 0 Å². The average Bonchev–Trinajstić information content (AvgIpc) is 2.79. The van der Waals surface area contributed by atoms with Crippen molar-refractivity contribution in [3.05, 3.63) is 46.8 Å². The van der Waals surface area contributed by atoms with Crippen molar-refractivity contribution in [1.82, 2.24) is 4.31 Å². The molecule has 2 N–H and O–H groups in total. The molecule has 19 heavy (non-hydrogen) atoms. The molecule has 0 radical (unpaired) electrons. The van der Waals surface area contributed by atoms with E-state index in [-0.39, 0.29) is 6.54 Å². The molecule has 0 amide bonds. The van der Waals surface area contributed by atoms with Gasteiger partial charge in [-0.1, -0.05) is 18.2 Å². The Bertz CT molecular complexity index is 677. The molecule has 2 aromatic rings. The summed E-state index contributed by atoms with van der Waals surface area (Å²) in [5.74, 6) is 0. The van der Waals surface area contributed by atoms with Gasteiger partial charge in [-0.2, -0.15) is 4.31 Å². The third kappa shape index (κ3) is 2.97. The molecule has 0 aliphatic carbocycles. The minimum Gasteiger partial charge on any atom is -0.398 e. The molecule has 0 bridgehead atoms. The molecule has 1 aromatic heterocycles. The number of nitrogens with two attached hydrogens (primary N) is 1. The van der Waals surface area contributed by atoms with E-state index < -0.39 is 10.0 Å². The van der Waals surface area contributed by atoms with Crippen molar-refractivity contribution in [1.29, 1.82) is 0 Å². The van der Waals surface area contributed by atoms with Crippen LogP contribution in [0.5, 0.6) is 0 Å². The highest BCUT2D eigenvalue weighted by Gasteiger charge is 2.22. The van der Waals surface area contributed by atoms with Gasteiger partial charge >= 0.3 is 0 Å². The zero-order valence-corrected chi connectivity index (χ0v) is 12.5. The molecule has 0 spiro atoms. The lowest BCUT2D eigenvalue weighted by atomic mass is 10.2. The van der Waals surface area contributed by atoms with Crippen LogP contribution in [0.4, 0.5) is 5.69 Å². The first-order valence-corrected chi connectivity index (χ1v) is 8.03. The molecule has 1 heterocycles. The Kier molecular flexibility index (Phi) is 3.93. The lowest BCUT2D eigenvalue weighted by Gasteiger charge is -2.17. The third-order valence-electron chi connectivity index (χ3n) is 2.83. The molecular weight excluding hydrogens is 280 g/mol. The van der Waals surface area contributed by atoms with Gasteiger partial charge in [-0.05, 0) is 30.7 Å². The van der Waals surface area contributed by atoms with Crippen LogP contribution in [0, 0.1) is 6.92 Å². The van der Waals surface area contributed by atoms with Crippen molar-refractivity contribution in [3.63, 3.8) is 0 Å². The Labute approximate surface area is 117 Å². The van der Waals surface area contributed by atoms with Crippen LogP contribution in [0.15, 0.2) is 40.6 Å². The van der Waals surface area contributed by atoms with Gasteiger partial charge in [-0.15, -0.1) is 11.3 Å². The lowest BCUT2D eigenvalue weighted by molar-refractivity contribution is 0.469. The highest BCUT2D eigenvalue weighted by Crippen LogP contribution is 2.25. The zero-order valence-electron chi connectivity index (χ0n) is 10.8. The summed E-state index contributed by atoms with van der Waals surface area (Å²) in [5.41, 5.74) is 7.25. The number of nitrogen functional groups attached to an aromatic ring is 1. The van der Waals surface area contributed by atoms with Crippen molar-refractivity contribution in [2.75, 3.05) is 12.8 Å². The smallest absolute Gasteiger partial charge is 0.252 e. The lowest BCUT2D eigenvalue weighted by Crippen LogP contribution is -2.26. The van der Waals surface area contributed by atoms with Crippen molar-refractivity contribution < 1.29 is 8.42 Å². The number of aryl methyl sites for hydroxylation is 1. The highest BCUT2D eigenvalue weighted by molar-refractivity contribution is 7.91. The fourth-order valence-electron chi connectivity index (χ4n) is 1.71. The first kappa shape index (κ1) is 14.0. The minimum absolute atomic E-state index is 0.270. The maximum atomic E-state index is 12.4. The van der Waals surface area contributed by atoms with Crippen LogP contribution >= 0.6 is 11.3 Å². The fraction of sp³-hybridized carbons (Fsp3) is 0.231. The van der Waals surface area contributed by atoms with Crippen LogP contribution in [0.3, 0.4) is 0 Å². The number of nitrogens with zero attached hydrogens (tertiary/aromatic N) is 1. The van der Waals surface area contributed by atoms with Crippen LogP contribution in [-0.4, -0.2) is 19.8 Å². The summed E-state index contributed by atoms with van der Waals surface area (Å²) < 4.78 is 26.4. The minimum atomic E-state index is -3.44. The quantitative estimate of drug-likeness (QED) is 0.882. The summed E-state index contributed by atoms with van der Waals surface area (Å²) in [6, 6.07) is 10.7. The Balaban J connectivity index is 2.25. The van der Waals surface area contributed by atoms with E-state index in [9.17, 15) is 8.42 Å². The van der Waals surface area contributed by atoms with E-state index in [0.717, 1.165) is 10.4 Å². The third-order valence-corrected chi connectivity index (χ3v) is 6.10. The van der Waals surface area contributed by atoms with Gasteiger partial charge in [0.25, 0.3) is 10.0 Å². The van der Waals surface area contributed by atoms with Crippen molar-refractivity contribution in [3.8, 4) is 0 Å². The van der Waals surface area contributed by atoms with E-state index in [2.05, 4.69) is 0 Å². The fourth-order valence-corrected chi connectivity index (χ4v) is 4.35. The van der Waals surface area contributed by atoms with Gasteiger partial charge in [-0.25, -0.2) is 8.42 Å². The SMILES string of the molecule is Cc1ccc(S(=O)(=O)N(C)Cc2ccccc2N)s1. The normalized spacial score (nSPS) is 11.9. The van der Waals surface area contributed by atoms with Gasteiger partial charge in [0, 0.05) is 24.2 Å². The molecule has 4 nitrogen and oxygen atoms in total. The molecule has 0 aliphatic heterocycles. The predicted molar refractivity (Wildman–Crippen MR) is 78.6 cm³/mol. The second kappa shape index (κ2) is 5.32. The maximum absolute atomic E-state index is 12.4. The summed E-state index contributed by atoms with van der Waals surface area (Å²) in [6.45, 7) is 2.16. The molecule has 102 valence electrons. The molecule has 0 atom stereocenters. The number of anilines is 1. The summed E-state index contributed by atoms with van der Waals surface area (Å²) in [7, 11) is -1.87. The van der Waals surface area contributed by atoms with Crippen LogP contribution in [0.1, 0.15) is 10.4 Å². The van der Waals surface area contributed by atoms with E-state index in [0.29, 0.717) is 9.90 Å². The van der Waals surface area contributed by atoms with E-state index in [1.54, 1.807) is 19.2 Å². The first-order chi connectivity index (χ1) is 8.91. The molecule has 0 unspecified atom stereocenters. The molecule has 0 saturated heterocycles. The maximum Gasteiger partial charge on any atom is 0.252 e. The van der Waals surface area contributed by atoms with Crippen LogP contribution in [0.2, 0.25) is 0 Å². The van der Waals surface area contributed by atoms with Gasteiger partial charge in [-0.3, -0.25) is 0 Å². The molecule has 0 fully saturated rings. The summed E-state index contributed by atoms with van der Waals surface area (Å²) in [4.78, 5) is 0.978. The number of hydrogen-bond donors (Lipinski definition) is 1. The number of rotatable bonds is 4. The molecular formula is C13H16N2O2S2. The van der Waals surface area contributed by atoms with Gasteiger partial charge < -0.3 is 5.73 Å². The number of para-hydroxylation sites is 1. The first-order valence-electron chi connectivity index (χ1n) is 5.77. The average molecular weight is 296 g/mol. The summed E-state index contributed by atoms with van der Waals surface area (Å²) >= 11 is 1.28. The molecule has 1 aromatic carbocycles. The number of thiophene rings is 1. The molecule has 0 saturated carbocycles.